The number of allylic oxidation sites excluding steroid dienone is 8. The lowest BCUT2D eigenvalue weighted by molar-refractivity contribution is -0.526. The molecule has 1 heterocycles. The molecule has 1 aliphatic heterocycles. The van der Waals surface area contributed by atoms with E-state index in [0.717, 1.165) is 108 Å². The van der Waals surface area contributed by atoms with Gasteiger partial charge in [-0.3, -0.25) is 0 Å². The van der Waals surface area contributed by atoms with Gasteiger partial charge in [-0.1, -0.05) is 60.7 Å². The second-order valence-electron chi connectivity index (χ2n) is 12.6. The largest absolute Gasteiger partial charge is 0.500 e. The Morgan fingerprint density at radius 3 is 1.30 bits per heavy atom. The lowest BCUT2D eigenvalue weighted by Crippen LogP contribution is -2.42. The van der Waals surface area contributed by atoms with E-state index in [1.807, 2.05) is 59.9 Å². The average molecular weight is 797 g/mol. The van der Waals surface area contributed by atoms with Crippen LogP contribution in [0.15, 0.2) is 108 Å². The Kier molecular flexibility index (Phi) is 19.1. The summed E-state index contributed by atoms with van der Waals surface area (Å²) >= 11 is 3.99. The zero-order valence-electron chi connectivity index (χ0n) is 32.3. The fourth-order valence-electron chi connectivity index (χ4n) is 6.21. The summed E-state index contributed by atoms with van der Waals surface area (Å²) in [7, 11) is 5.08. The molecule has 2 aromatic rings. The van der Waals surface area contributed by atoms with Crippen LogP contribution in [0.5, 0.6) is 0 Å². The third kappa shape index (κ3) is 13.3. The molecule has 8 nitrogen and oxygen atoms in total. The van der Waals surface area contributed by atoms with E-state index in [0.29, 0.717) is 0 Å². The van der Waals surface area contributed by atoms with Crippen molar-refractivity contribution in [2.45, 2.75) is 37.8 Å². The van der Waals surface area contributed by atoms with Gasteiger partial charge in [0.05, 0.1) is 0 Å². The number of rotatable bonds is 24. The first-order valence-electron chi connectivity index (χ1n) is 18.3. The molecule has 0 N–H and O–H groups in total. The topological polar surface area (TPSA) is 67.6 Å². The fourth-order valence-corrected chi connectivity index (χ4v) is 11.9. The minimum atomic E-state index is -2.51. The second kappa shape index (κ2) is 23.4. The van der Waals surface area contributed by atoms with Gasteiger partial charge < -0.3 is 31.3 Å². The first-order chi connectivity index (χ1) is 25.9. The van der Waals surface area contributed by atoms with E-state index in [1.54, 1.807) is 42.7 Å². The Morgan fingerprint density at radius 1 is 0.509 bits per heavy atom. The molecule has 4 rings (SSSR count). The minimum absolute atomic E-state index is 0.834. The third-order valence-corrected chi connectivity index (χ3v) is 17.3. The number of benzene rings is 2. The van der Waals surface area contributed by atoms with Crippen molar-refractivity contribution in [3.63, 3.8) is 0 Å². The third-order valence-electron chi connectivity index (χ3n) is 9.32. The van der Waals surface area contributed by atoms with Gasteiger partial charge in [-0.15, -0.1) is 0 Å². The molecule has 0 saturated heterocycles. The second-order valence-corrected chi connectivity index (χ2v) is 21.2. The van der Waals surface area contributed by atoms with Crippen molar-refractivity contribution in [3.05, 3.63) is 119 Å². The first-order valence-corrected chi connectivity index (χ1v) is 24.5. The molecule has 0 unspecified atom stereocenters. The summed E-state index contributed by atoms with van der Waals surface area (Å²) in [5, 5.41) is 0. The van der Waals surface area contributed by atoms with Crippen LogP contribution in [-0.4, -0.2) is 107 Å². The molecule has 0 radical (unpaired) electrons. The van der Waals surface area contributed by atoms with Crippen molar-refractivity contribution >= 4 is 58.4 Å². The predicted octanol–water partition coefficient (Wildman–Crippen LogP) is 8.76. The quantitative estimate of drug-likeness (QED) is 0.0590. The van der Waals surface area contributed by atoms with E-state index in [2.05, 4.69) is 65.3 Å². The molecule has 0 saturated carbocycles. The SMILES string of the molecule is CO[Si](CCCSCCC[N+](CCCSCCC[Si](OC)(OC)OC)=C1C=CC(=C2C=C(c3ccccc3)OC(c3ccccc3)=C2)C=C1)(OC)OC. The van der Waals surface area contributed by atoms with Crippen LogP contribution < -0.4 is 0 Å². The smallest absolute Gasteiger partial charge is 0.456 e. The molecule has 0 bridgehead atoms. The van der Waals surface area contributed by atoms with Crippen LogP contribution in [0, 0.1) is 0 Å². The summed E-state index contributed by atoms with van der Waals surface area (Å²) in [5.41, 5.74) is 5.66. The van der Waals surface area contributed by atoms with Gasteiger partial charge in [-0.05, 0) is 71.3 Å². The zero-order valence-corrected chi connectivity index (χ0v) is 36.0. The summed E-state index contributed by atoms with van der Waals surface area (Å²) in [6, 6.07) is 22.3. The number of hydrogen-bond acceptors (Lipinski definition) is 9. The summed E-state index contributed by atoms with van der Waals surface area (Å²) in [4.78, 5) is 0. The average Bonchev–Trinajstić information content (AvgIpc) is 3.23. The fraction of sp³-hybridized carbons (Fsp3) is 0.439. The van der Waals surface area contributed by atoms with Gasteiger partial charge >= 0.3 is 17.6 Å². The highest BCUT2D eigenvalue weighted by atomic mass is 32.2. The maximum absolute atomic E-state index is 6.45. The molecule has 12 heteroatoms. The van der Waals surface area contributed by atoms with Gasteiger partial charge in [0.2, 0.25) is 0 Å². The van der Waals surface area contributed by atoms with Crippen LogP contribution in [-0.2, 0) is 31.3 Å². The monoisotopic (exact) mass is 796 g/mol. The summed E-state index contributed by atoms with van der Waals surface area (Å²) in [6.45, 7) is 2.02. The van der Waals surface area contributed by atoms with Crippen molar-refractivity contribution in [2.75, 3.05) is 78.8 Å². The lowest BCUT2D eigenvalue weighted by atomic mass is 9.97. The van der Waals surface area contributed by atoms with Gasteiger partial charge in [-0.25, -0.2) is 4.58 Å². The van der Waals surface area contributed by atoms with Crippen LogP contribution in [0.4, 0.5) is 0 Å². The van der Waals surface area contributed by atoms with E-state index in [4.69, 9.17) is 31.3 Å². The molecule has 0 spiro atoms. The van der Waals surface area contributed by atoms with Gasteiger partial charge in [-0.2, -0.15) is 23.5 Å². The number of ether oxygens (including phenoxy) is 1. The highest BCUT2D eigenvalue weighted by Crippen LogP contribution is 2.34. The Morgan fingerprint density at radius 2 is 0.906 bits per heavy atom. The van der Waals surface area contributed by atoms with Crippen molar-refractivity contribution in [2.24, 2.45) is 0 Å². The first kappa shape index (κ1) is 43.2. The molecule has 0 aromatic heterocycles. The lowest BCUT2D eigenvalue weighted by Gasteiger charge is -2.24. The number of thioether (sulfide) groups is 2. The zero-order chi connectivity index (χ0) is 37.8. The Labute approximate surface area is 328 Å². The van der Waals surface area contributed by atoms with Crippen molar-refractivity contribution < 1.29 is 35.9 Å². The maximum atomic E-state index is 6.45. The highest BCUT2D eigenvalue weighted by Gasteiger charge is 2.37. The van der Waals surface area contributed by atoms with Gasteiger partial charge in [0.25, 0.3) is 0 Å². The van der Waals surface area contributed by atoms with Gasteiger partial charge in [0, 0.05) is 90.9 Å². The molecule has 53 heavy (non-hydrogen) atoms. The normalized spacial score (nSPS) is 14.7. The van der Waals surface area contributed by atoms with Gasteiger partial charge in [0.1, 0.15) is 24.6 Å². The summed E-state index contributed by atoms with van der Waals surface area (Å²) < 4.78 is 42.5. The minimum Gasteiger partial charge on any atom is -0.456 e. The highest BCUT2D eigenvalue weighted by molar-refractivity contribution is 7.99. The van der Waals surface area contributed by atoms with E-state index in [-0.39, 0.29) is 0 Å². The van der Waals surface area contributed by atoms with Crippen molar-refractivity contribution in [1.29, 1.82) is 0 Å². The van der Waals surface area contributed by atoms with E-state index in [1.165, 1.54) is 5.71 Å². The molecule has 2 aliphatic rings. The summed E-state index contributed by atoms with van der Waals surface area (Å²) in [5.74, 6) is 6.04. The van der Waals surface area contributed by atoms with Crippen LogP contribution in [0.25, 0.3) is 11.5 Å². The predicted molar refractivity (Wildman–Crippen MR) is 227 cm³/mol. The van der Waals surface area contributed by atoms with Crippen LogP contribution in [0.3, 0.4) is 0 Å². The molecule has 2 aromatic carbocycles. The van der Waals surface area contributed by atoms with E-state index >= 15 is 0 Å². The van der Waals surface area contributed by atoms with Crippen LogP contribution in [0.1, 0.15) is 36.8 Å². The van der Waals surface area contributed by atoms with Crippen molar-refractivity contribution in [1.82, 2.24) is 0 Å². The molecule has 288 valence electrons. The van der Waals surface area contributed by atoms with E-state index in [9.17, 15) is 0 Å². The van der Waals surface area contributed by atoms with E-state index < -0.39 is 17.6 Å². The molecule has 0 amide bonds. The Balaban J connectivity index is 1.44. The Hall–Kier alpha value is -2.50. The molecule has 0 fully saturated rings. The molecule has 0 atom stereocenters. The molecular weight excluding hydrogens is 739 g/mol. The van der Waals surface area contributed by atoms with Crippen LogP contribution in [0.2, 0.25) is 12.1 Å². The number of nitrogens with zero attached hydrogens (tertiary/aromatic N) is 1. The Bertz CT molecular complexity index is 1460. The van der Waals surface area contributed by atoms with Crippen molar-refractivity contribution in [3.8, 4) is 0 Å². The molecule has 1 aliphatic carbocycles. The maximum Gasteiger partial charge on any atom is 0.500 e. The van der Waals surface area contributed by atoms with Gasteiger partial charge in [0.15, 0.2) is 5.71 Å². The molecular formula is C41H58NO7S2Si2+. The summed E-state index contributed by atoms with van der Waals surface area (Å²) in [6.07, 6.45) is 17.6. The van der Waals surface area contributed by atoms with Crippen LogP contribution >= 0.6 is 23.5 Å². The number of hydrogen-bond donors (Lipinski definition) is 0. The standard InChI is InChI=1S/C41H58NO7S2Si2/c1-43-52(44-2,45-3)31-15-29-50-27-13-25-42(26-14-28-51-30-16-32-53(46-4,47-5)48-6)39-23-21-35(22-24-39)38-33-40(36-17-9-7-10-18-36)49-41(34-38)37-19-11-8-12-20-37/h7-12,17-24,33-34H,13-16,25-32H2,1-6H3/q+1.